The van der Waals surface area contributed by atoms with Crippen molar-refractivity contribution < 1.29 is 19.1 Å². The van der Waals surface area contributed by atoms with E-state index in [0.717, 1.165) is 21.2 Å². The summed E-state index contributed by atoms with van der Waals surface area (Å²) in [4.78, 5) is 36.8. The molecule has 1 aliphatic heterocycles. The van der Waals surface area contributed by atoms with Gasteiger partial charge in [0, 0.05) is 5.69 Å². The first-order valence-electron chi connectivity index (χ1n) is 9.17. The molecular formula is C22H19N3O4. The number of hydrogen-bond acceptors (Lipinski definition) is 4. The molecule has 0 radical (unpaired) electrons. The van der Waals surface area contributed by atoms with Crippen molar-refractivity contribution >= 4 is 34.3 Å². The summed E-state index contributed by atoms with van der Waals surface area (Å²) in [7, 11) is 0. The molecule has 4 amide bonds. The number of hydrogen-bond donors (Lipinski definition) is 2. The minimum Gasteiger partial charge on any atom is -0.484 e. The van der Waals surface area contributed by atoms with Gasteiger partial charge in [-0.2, -0.15) is 0 Å². The van der Waals surface area contributed by atoms with Gasteiger partial charge in [-0.25, -0.2) is 4.79 Å². The van der Waals surface area contributed by atoms with Crippen molar-refractivity contribution in [2.45, 2.75) is 6.54 Å². The smallest absolute Gasteiger partial charge is 0.324 e. The van der Waals surface area contributed by atoms with Crippen LogP contribution in [0.4, 0.5) is 10.5 Å². The summed E-state index contributed by atoms with van der Waals surface area (Å²) in [5.74, 6) is 0.0460. The average Bonchev–Trinajstić information content (AvgIpc) is 3.04. The first-order chi connectivity index (χ1) is 14.1. The van der Waals surface area contributed by atoms with E-state index in [-0.39, 0.29) is 31.5 Å². The predicted octanol–water partition coefficient (Wildman–Crippen LogP) is 2.91. The standard InChI is InChI=1S/C22H19N3O4/c26-20(14-29-19-9-8-16-5-1-2-6-17(16)11-19)24-18-7-3-4-15(10-18)13-25-21(27)12-23-22(25)28/h1-11H,12-14H2,(H,23,28)(H,24,26). The lowest BCUT2D eigenvalue weighted by molar-refractivity contribution is -0.125. The van der Waals surface area contributed by atoms with Crippen LogP contribution in [0.2, 0.25) is 0 Å². The molecule has 0 atom stereocenters. The van der Waals surface area contributed by atoms with Gasteiger partial charge in [0.1, 0.15) is 5.75 Å². The molecule has 0 aromatic heterocycles. The Hall–Kier alpha value is -3.87. The van der Waals surface area contributed by atoms with Crippen LogP contribution in [0, 0.1) is 0 Å². The Bertz CT molecular complexity index is 1080. The quantitative estimate of drug-likeness (QED) is 0.635. The molecule has 7 nitrogen and oxygen atoms in total. The number of rotatable bonds is 6. The molecule has 29 heavy (non-hydrogen) atoms. The molecule has 1 aliphatic rings. The zero-order chi connectivity index (χ0) is 20.2. The summed E-state index contributed by atoms with van der Waals surface area (Å²) in [6, 6.07) is 20.2. The second kappa shape index (κ2) is 8.02. The maximum absolute atomic E-state index is 12.2. The molecule has 7 heteroatoms. The Morgan fingerprint density at radius 1 is 1.00 bits per heavy atom. The van der Waals surface area contributed by atoms with Crippen molar-refractivity contribution in [3.05, 3.63) is 72.3 Å². The minimum atomic E-state index is -0.409. The van der Waals surface area contributed by atoms with Crippen molar-refractivity contribution in [1.29, 1.82) is 0 Å². The molecule has 2 N–H and O–H groups in total. The number of amides is 4. The Kier molecular flexibility index (Phi) is 5.11. The number of urea groups is 1. The number of nitrogens with one attached hydrogen (secondary N) is 2. The lowest BCUT2D eigenvalue weighted by Gasteiger charge is -2.13. The van der Waals surface area contributed by atoms with Gasteiger partial charge in [0.05, 0.1) is 13.1 Å². The number of fused-ring (bicyclic) bond motifs is 1. The van der Waals surface area contributed by atoms with Crippen LogP contribution in [0.5, 0.6) is 5.75 Å². The van der Waals surface area contributed by atoms with Crippen LogP contribution in [-0.4, -0.2) is 35.9 Å². The zero-order valence-electron chi connectivity index (χ0n) is 15.6. The maximum Gasteiger partial charge on any atom is 0.324 e. The number of imide groups is 1. The molecule has 3 aromatic carbocycles. The third-order valence-electron chi connectivity index (χ3n) is 4.58. The van der Waals surface area contributed by atoms with Crippen LogP contribution in [0.1, 0.15) is 5.56 Å². The third kappa shape index (κ3) is 4.35. The highest BCUT2D eigenvalue weighted by Gasteiger charge is 2.28. The molecule has 146 valence electrons. The monoisotopic (exact) mass is 389 g/mol. The van der Waals surface area contributed by atoms with Gasteiger partial charge in [0.2, 0.25) is 5.91 Å². The van der Waals surface area contributed by atoms with Crippen molar-refractivity contribution in [2.75, 3.05) is 18.5 Å². The third-order valence-corrected chi connectivity index (χ3v) is 4.58. The van der Waals surface area contributed by atoms with Crippen LogP contribution in [-0.2, 0) is 16.1 Å². The molecule has 1 saturated heterocycles. The normalized spacial score (nSPS) is 13.4. The van der Waals surface area contributed by atoms with Gasteiger partial charge in [0.15, 0.2) is 6.61 Å². The Balaban J connectivity index is 1.35. The number of anilines is 1. The molecular weight excluding hydrogens is 370 g/mol. The van der Waals surface area contributed by atoms with E-state index in [4.69, 9.17) is 4.74 Å². The Labute approximate surface area is 167 Å². The van der Waals surface area contributed by atoms with Crippen molar-refractivity contribution in [2.24, 2.45) is 0 Å². The highest BCUT2D eigenvalue weighted by Crippen LogP contribution is 2.20. The molecule has 0 bridgehead atoms. The fourth-order valence-corrected chi connectivity index (χ4v) is 3.15. The van der Waals surface area contributed by atoms with Gasteiger partial charge in [-0.15, -0.1) is 0 Å². The van der Waals surface area contributed by atoms with E-state index < -0.39 is 6.03 Å². The minimum absolute atomic E-state index is 0.0152. The highest BCUT2D eigenvalue weighted by atomic mass is 16.5. The van der Waals surface area contributed by atoms with E-state index in [0.29, 0.717) is 11.4 Å². The summed E-state index contributed by atoms with van der Waals surface area (Å²) in [6.45, 7) is 0.0406. The van der Waals surface area contributed by atoms with E-state index in [9.17, 15) is 14.4 Å². The first-order valence-corrected chi connectivity index (χ1v) is 9.17. The largest absolute Gasteiger partial charge is 0.484 e. The maximum atomic E-state index is 12.2. The summed E-state index contributed by atoms with van der Waals surface area (Å²) in [5.41, 5.74) is 1.31. The SMILES string of the molecule is O=C(COc1ccc2ccccc2c1)Nc1cccc(CN2C(=O)CNC2=O)c1. The molecule has 0 aliphatic carbocycles. The summed E-state index contributed by atoms with van der Waals surface area (Å²) < 4.78 is 5.60. The van der Waals surface area contributed by atoms with E-state index >= 15 is 0 Å². The molecule has 0 spiro atoms. The summed E-state index contributed by atoms with van der Waals surface area (Å²) >= 11 is 0. The van der Waals surface area contributed by atoms with Gasteiger partial charge in [-0.3, -0.25) is 14.5 Å². The van der Waals surface area contributed by atoms with Crippen molar-refractivity contribution in [1.82, 2.24) is 10.2 Å². The highest BCUT2D eigenvalue weighted by molar-refractivity contribution is 6.01. The van der Waals surface area contributed by atoms with E-state index in [1.165, 1.54) is 0 Å². The fraction of sp³-hybridized carbons (Fsp3) is 0.136. The number of benzene rings is 3. The van der Waals surface area contributed by atoms with Crippen molar-refractivity contribution in [3.8, 4) is 5.75 Å². The van der Waals surface area contributed by atoms with Crippen molar-refractivity contribution in [3.63, 3.8) is 0 Å². The Morgan fingerprint density at radius 3 is 2.62 bits per heavy atom. The van der Waals surface area contributed by atoms with Crippen LogP contribution >= 0.6 is 0 Å². The fourth-order valence-electron chi connectivity index (χ4n) is 3.15. The first kappa shape index (κ1) is 18.5. The van der Waals surface area contributed by atoms with Gasteiger partial charge < -0.3 is 15.4 Å². The number of ether oxygens (including phenoxy) is 1. The second-order valence-corrected chi connectivity index (χ2v) is 6.68. The summed E-state index contributed by atoms with van der Waals surface area (Å²) in [5, 5.41) is 7.39. The lowest BCUT2D eigenvalue weighted by Crippen LogP contribution is -2.30. The average molecular weight is 389 g/mol. The van der Waals surface area contributed by atoms with Gasteiger partial charge >= 0.3 is 6.03 Å². The zero-order valence-corrected chi connectivity index (χ0v) is 15.6. The van der Waals surface area contributed by atoms with Gasteiger partial charge in [-0.1, -0.05) is 42.5 Å². The topological polar surface area (TPSA) is 87.7 Å². The molecule has 3 aromatic rings. The second-order valence-electron chi connectivity index (χ2n) is 6.68. The number of carbonyl (C=O) groups excluding carboxylic acids is 3. The van der Waals surface area contributed by atoms with E-state index in [1.807, 2.05) is 42.5 Å². The lowest BCUT2D eigenvalue weighted by atomic mass is 10.1. The van der Waals surface area contributed by atoms with Gasteiger partial charge in [0.25, 0.3) is 5.91 Å². The molecule has 1 heterocycles. The molecule has 0 unspecified atom stereocenters. The van der Waals surface area contributed by atoms with Crippen LogP contribution < -0.4 is 15.4 Å². The molecule has 1 fully saturated rings. The van der Waals surface area contributed by atoms with Crippen LogP contribution in [0.25, 0.3) is 10.8 Å². The molecule has 0 saturated carbocycles. The van der Waals surface area contributed by atoms with Gasteiger partial charge in [-0.05, 0) is 40.6 Å². The van der Waals surface area contributed by atoms with Crippen LogP contribution in [0.3, 0.4) is 0 Å². The molecule has 4 rings (SSSR count). The van der Waals surface area contributed by atoms with E-state index in [2.05, 4.69) is 10.6 Å². The predicted molar refractivity (Wildman–Crippen MR) is 108 cm³/mol. The number of carbonyl (C=O) groups is 3. The van der Waals surface area contributed by atoms with E-state index in [1.54, 1.807) is 24.3 Å². The summed E-state index contributed by atoms with van der Waals surface area (Å²) in [6.07, 6.45) is 0. The Morgan fingerprint density at radius 2 is 1.83 bits per heavy atom. The number of nitrogens with zero attached hydrogens (tertiary/aromatic N) is 1. The van der Waals surface area contributed by atoms with Crippen LogP contribution in [0.15, 0.2) is 66.7 Å².